The summed E-state index contributed by atoms with van der Waals surface area (Å²) in [7, 11) is 4.01. The Morgan fingerprint density at radius 3 is 2.55 bits per heavy atom. The summed E-state index contributed by atoms with van der Waals surface area (Å²) < 4.78 is 40.1. The van der Waals surface area contributed by atoms with Crippen LogP contribution in [0.3, 0.4) is 0 Å². The number of alkyl halides is 3. The molecule has 4 nitrogen and oxygen atoms in total. The highest BCUT2D eigenvalue weighted by Gasteiger charge is 2.31. The summed E-state index contributed by atoms with van der Waals surface area (Å²) in [5.41, 5.74) is 1.23. The predicted molar refractivity (Wildman–Crippen MR) is 114 cm³/mol. The van der Waals surface area contributed by atoms with Gasteiger partial charge in [-0.15, -0.1) is 0 Å². The molecule has 1 N–H and O–H groups in total. The van der Waals surface area contributed by atoms with Crippen molar-refractivity contribution in [1.29, 1.82) is 0 Å². The van der Waals surface area contributed by atoms with E-state index in [9.17, 15) is 13.2 Å². The van der Waals surface area contributed by atoms with Crippen molar-refractivity contribution in [3.63, 3.8) is 0 Å². The Morgan fingerprint density at radius 2 is 1.86 bits per heavy atom. The molecule has 0 fully saturated rings. The average Bonchev–Trinajstić information content (AvgIpc) is 2.65. The summed E-state index contributed by atoms with van der Waals surface area (Å²) >= 11 is 3.35. The van der Waals surface area contributed by atoms with E-state index in [4.69, 9.17) is 0 Å². The smallest absolute Gasteiger partial charge is 0.369 e. The van der Waals surface area contributed by atoms with Crippen LogP contribution in [0.2, 0.25) is 0 Å². The maximum atomic E-state index is 13.2. The molecule has 154 valence electrons. The largest absolute Gasteiger partial charge is 0.416 e. The van der Waals surface area contributed by atoms with Crippen LogP contribution in [0, 0.1) is 6.92 Å². The average molecular weight is 467 g/mol. The zero-order valence-electron chi connectivity index (χ0n) is 16.4. The van der Waals surface area contributed by atoms with Crippen LogP contribution in [0.1, 0.15) is 17.5 Å². The first-order chi connectivity index (χ1) is 13.7. The summed E-state index contributed by atoms with van der Waals surface area (Å²) in [5, 5.41) is 4.18. The molecule has 1 aromatic heterocycles. The fraction of sp³-hybridized carbons (Fsp3) is 0.333. The molecule has 3 rings (SSSR count). The van der Waals surface area contributed by atoms with Gasteiger partial charge < -0.3 is 10.2 Å². The van der Waals surface area contributed by atoms with Gasteiger partial charge in [-0.05, 0) is 63.8 Å². The monoisotopic (exact) mass is 466 g/mol. The molecule has 8 heteroatoms. The van der Waals surface area contributed by atoms with Crippen molar-refractivity contribution in [2.75, 3.05) is 32.5 Å². The molecule has 0 saturated carbocycles. The highest BCUT2D eigenvalue weighted by Crippen LogP contribution is 2.36. The molecular weight excluding hydrogens is 445 g/mol. The lowest BCUT2D eigenvalue weighted by Crippen LogP contribution is -2.17. The number of aryl methyl sites for hydroxylation is 1. The van der Waals surface area contributed by atoms with Gasteiger partial charge in [0.1, 0.15) is 5.82 Å². The summed E-state index contributed by atoms with van der Waals surface area (Å²) in [5.74, 6) is 0.872. The number of hydrogen-bond donors (Lipinski definition) is 1. The van der Waals surface area contributed by atoms with E-state index in [1.165, 1.54) is 6.07 Å². The zero-order chi connectivity index (χ0) is 21.2. The lowest BCUT2D eigenvalue weighted by atomic mass is 10.1. The first-order valence-electron chi connectivity index (χ1n) is 9.20. The second-order valence-corrected chi connectivity index (χ2v) is 8.00. The number of fused-ring (bicyclic) bond motifs is 1. The second-order valence-electron chi connectivity index (χ2n) is 7.14. The van der Waals surface area contributed by atoms with E-state index in [0.29, 0.717) is 22.4 Å². The number of para-hydroxylation sites is 1. The van der Waals surface area contributed by atoms with Crippen molar-refractivity contribution in [3.05, 3.63) is 52.0 Å². The normalized spacial score (nSPS) is 12.0. The number of halogens is 4. The molecule has 2 aromatic carbocycles. The molecule has 3 aromatic rings. The third-order valence-electron chi connectivity index (χ3n) is 4.54. The predicted octanol–water partition coefficient (Wildman–Crippen LogP) is 5.75. The topological polar surface area (TPSA) is 41.0 Å². The Kier molecular flexibility index (Phi) is 6.43. The molecule has 0 radical (unpaired) electrons. The minimum atomic E-state index is -4.44. The number of benzene rings is 2. The van der Waals surface area contributed by atoms with Crippen LogP contribution in [0.15, 0.2) is 40.9 Å². The third kappa shape index (κ3) is 5.05. The van der Waals surface area contributed by atoms with Gasteiger partial charge in [-0.25, -0.2) is 9.97 Å². The van der Waals surface area contributed by atoms with Crippen molar-refractivity contribution in [3.8, 4) is 11.4 Å². The molecule has 0 amide bonds. The van der Waals surface area contributed by atoms with Crippen molar-refractivity contribution in [1.82, 2.24) is 14.9 Å². The number of hydrogen-bond acceptors (Lipinski definition) is 4. The summed E-state index contributed by atoms with van der Waals surface area (Å²) in [6.45, 7) is 3.54. The minimum absolute atomic E-state index is 0.250. The van der Waals surface area contributed by atoms with Gasteiger partial charge in [-0.2, -0.15) is 13.2 Å². The lowest BCUT2D eigenvalue weighted by molar-refractivity contribution is -0.137. The Bertz CT molecular complexity index is 1020. The van der Waals surface area contributed by atoms with Crippen LogP contribution in [0.25, 0.3) is 22.3 Å². The van der Waals surface area contributed by atoms with Crippen LogP contribution >= 0.6 is 15.9 Å². The van der Waals surface area contributed by atoms with Crippen LogP contribution in [0.4, 0.5) is 19.0 Å². The van der Waals surface area contributed by atoms with E-state index in [1.54, 1.807) is 0 Å². The molecule has 0 saturated heterocycles. The van der Waals surface area contributed by atoms with Crippen LogP contribution < -0.4 is 5.32 Å². The summed E-state index contributed by atoms with van der Waals surface area (Å²) in [6.07, 6.45) is -3.53. The van der Waals surface area contributed by atoms with Crippen molar-refractivity contribution in [2.24, 2.45) is 0 Å². The Morgan fingerprint density at radius 1 is 1.10 bits per heavy atom. The van der Waals surface area contributed by atoms with Crippen LogP contribution in [-0.2, 0) is 6.18 Å². The van der Waals surface area contributed by atoms with E-state index in [1.807, 2.05) is 39.2 Å². The summed E-state index contributed by atoms with van der Waals surface area (Å²) in [4.78, 5) is 11.3. The third-order valence-corrected chi connectivity index (χ3v) is 5.23. The lowest BCUT2D eigenvalue weighted by Gasteiger charge is -2.15. The Labute approximate surface area is 176 Å². The fourth-order valence-electron chi connectivity index (χ4n) is 3.03. The maximum Gasteiger partial charge on any atom is 0.416 e. The SMILES string of the molecule is Cc1cccc2c(NCCCN(C)C)nc(-c3cc(C(F)(F)F)ccc3Br)nc12. The number of anilines is 1. The Balaban J connectivity index is 2.08. The molecule has 1 heterocycles. The second kappa shape index (κ2) is 8.67. The van der Waals surface area contributed by atoms with Crippen molar-refractivity contribution in [2.45, 2.75) is 19.5 Å². The summed E-state index contributed by atoms with van der Waals surface area (Å²) in [6, 6.07) is 9.27. The van der Waals surface area contributed by atoms with Crippen LogP contribution in [0.5, 0.6) is 0 Å². The highest BCUT2D eigenvalue weighted by atomic mass is 79.9. The van der Waals surface area contributed by atoms with Gasteiger partial charge in [0.2, 0.25) is 0 Å². The molecule has 0 aliphatic carbocycles. The molecule has 0 spiro atoms. The van der Waals surface area contributed by atoms with Gasteiger partial charge in [0.15, 0.2) is 5.82 Å². The first kappa shape index (κ1) is 21.5. The van der Waals surface area contributed by atoms with Gasteiger partial charge in [-0.3, -0.25) is 0 Å². The molecule has 0 atom stereocenters. The number of rotatable bonds is 6. The molecule has 0 unspecified atom stereocenters. The zero-order valence-corrected chi connectivity index (χ0v) is 18.0. The minimum Gasteiger partial charge on any atom is -0.369 e. The van der Waals surface area contributed by atoms with E-state index in [0.717, 1.165) is 41.6 Å². The molecule has 0 bridgehead atoms. The number of nitrogens with one attached hydrogen (secondary N) is 1. The fourth-order valence-corrected chi connectivity index (χ4v) is 3.45. The van der Waals surface area contributed by atoms with Crippen molar-refractivity contribution >= 4 is 32.7 Å². The molecular formula is C21H22BrF3N4. The number of aromatic nitrogens is 2. The van der Waals surface area contributed by atoms with Gasteiger partial charge in [0.05, 0.1) is 11.1 Å². The van der Waals surface area contributed by atoms with Gasteiger partial charge in [-0.1, -0.05) is 28.1 Å². The standard InChI is InChI=1S/C21H22BrF3N4/c1-13-6-4-7-15-18(13)27-20(28-19(15)26-10-5-11-29(2)3)16-12-14(21(23,24)25)8-9-17(16)22/h4,6-9,12H,5,10-11H2,1-3H3,(H,26,27,28). The number of nitrogens with zero attached hydrogens (tertiary/aromatic N) is 3. The first-order valence-corrected chi connectivity index (χ1v) is 9.99. The van der Waals surface area contributed by atoms with Gasteiger partial charge >= 0.3 is 6.18 Å². The van der Waals surface area contributed by atoms with Gasteiger partial charge in [0.25, 0.3) is 0 Å². The van der Waals surface area contributed by atoms with E-state index < -0.39 is 11.7 Å². The van der Waals surface area contributed by atoms with E-state index >= 15 is 0 Å². The highest BCUT2D eigenvalue weighted by molar-refractivity contribution is 9.10. The van der Waals surface area contributed by atoms with Crippen molar-refractivity contribution < 1.29 is 13.2 Å². The molecule has 29 heavy (non-hydrogen) atoms. The van der Waals surface area contributed by atoms with Crippen LogP contribution in [-0.4, -0.2) is 42.1 Å². The molecule has 0 aliphatic heterocycles. The van der Waals surface area contributed by atoms with E-state index in [2.05, 4.69) is 36.1 Å². The molecule has 0 aliphatic rings. The van der Waals surface area contributed by atoms with E-state index in [-0.39, 0.29) is 5.82 Å². The maximum absolute atomic E-state index is 13.2. The Hall–Kier alpha value is -2.19. The quantitative estimate of drug-likeness (QED) is 0.469. The van der Waals surface area contributed by atoms with Gasteiger partial charge in [0, 0.05) is 22.0 Å².